The van der Waals surface area contributed by atoms with Crippen molar-refractivity contribution in [2.24, 2.45) is 0 Å². The maximum Gasteiger partial charge on any atom is 0.254 e. The number of benzene rings is 2. The van der Waals surface area contributed by atoms with Gasteiger partial charge in [-0.15, -0.1) is 0 Å². The molecule has 0 saturated heterocycles. The molecule has 2 aromatic rings. The van der Waals surface area contributed by atoms with E-state index in [1.807, 2.05) is 29.2 Å². The normalized spacial score (nSPS) is 15.5. The molecule has 6 nitrogen and oxygen atoms in total. The number of anilines is 1. The van der Waals surface area contributed by atoms with Gasteiger partial charge in [0.1, 0.15) is 0 Å². The van der Waals surface area contributed by atoms with Gasteiger partial charge in [0.25, 0.3) is 11.8 Å². The Kier molecular flexibility index (Phi) is 5.34. The van der Waals surface area contributed by atoms with Crippen LogP contribution in [0.4, 0.5) is 5.69 Å². The minimum absolute atomic E-state index is 0.0163. The number of carbonyl (C=O) groups excluding carboxylic acids is 3. The fraction of sp³-hybridized carbons (Fsp3) is 0.348. The number of carbonyl (C=O) groups is 3. The lowest BCUT2D eigenvalue weighted by Crippen LogP contribution is -2.32. The summed E-state index contributed by atoms with van der Waals surface area (Å²) in [6, 6.07) is 15.1. The first-order chi connectivity index (χ1) is 14.0. The minimum Gasteiger partial charge on any atom is -0.349 e. The summed E-state index contributed by atoms with van der Waals surface area (Å²) < 4.78 is 0. The van der Waals surface area contributed by atoms with E-state index in [4.69, 9.17) is 0 Å². The molecule has 0 spiro atoms. The van der Waals surface area contributed by atoms with Gasteiger partial charge in [-0.2, -0.15) is 0 Å². The van der Waals surface area contributed by atoms with Crippen LogP contribution >= 0.6 is 0 Å². The Hall–Kier alpha value is -3.15. The predicted octanol–water partition coefficient (Wildman–Crippen LogP) is 3.34. The Balaban J connectivity index is 1.43. The SMILES string of the molecule is CC(=O)Nc1ccc(C(=O)N(Cc2ccc(C(=O)NC3CC3)cc2)C2CC2)cc1. The van der Waals surface area contributed by atoms with Crippen molar-refractivity contribution in [1.82, 2.24) is 10.2 Å². The van der Waals surface area contributed by atoms with Crippen molar-refractivity contribution in [2.45, 2.75) is 51.2 Å². The highest BCUT2D eigenvalue weighted by molar-refractivity contribution is 5.96. The van der Waals surface area contributed by atoms with Crippen LogP contribution in [0.1, 0.15) is 58.9 Å². The number of amides is 3. The molecule has 2 aliphatic carbocycles. The van der Waals surface area contributed by atoms with E-state index in [0.717, 1.165) is 31.2 Å². The summed E-state index contributed by atoms with van der Waals surface area (Å²) in [6.45, 7) is 1.97. The molecular formula is C23H25N3O3. The summed E-state index contributed by atoms with van der Waals surface area (Å²) >= 11 is 0. The number of hydrogen-bond donors (Lipinski definition) is 2. The molecule has 0 radical (unpaired) electrons. The number of rotatable bonds is 7. The van der Waals surface area contributed by atoms with Crippen molar-refractivity contribution in [1.29, 1.82) is 0 Å². The molecule has 29 heavy (non-hydrogen) atoms. The van der Waals surface area contributed by atoms with Crippen molar-refractivity contribution in [3.63, 3.8) is 0 Å². The van der Waals surface area contributed by atoms with Gasteiger partial charge in [0.05, 0.1) is 0 Å². The third kappa shape index (κ3) is 5.02. The van der Waals surface area contributed by atoms with E-state index in [0.29, 0.717) is 29.4 Å². The predicted molar refractivity (Wildman–Crippen MR) is 111 cm³/mol. The van der Waals surface area contributed by atoms with Gasteiger partial charge in [0.15, 0.2) is 0 Å². The Labute approximate surface area is 170 Å². The van der Waals surface area contributed by atoms with Crippen LogP contribution < -0.4 is 10.6 Å². The fourth-order valence-electron chi connectivity index (χ4n) is 3.27. The third-order valence-electron chi connectivity index (χ3n) is 5.18. The zero-order valence-electron chi connectivity index (χ0n) is 16.5. The van der Waals surface area contributed by atoms with E-state index in [1.165, 1.54) is 6.92 Å². The van der Waals surface area contributed by atoms with Gasteiger partial charge < -0.3 is 15.5 Å². The number of nitrogens with one attached hydrogen (secondary N) is 2. The van der Waals surface area contributed by atoms with Crippen LogP contribution in [0.3, 0.4) is 0 Å². The van der Waals surface area contributed by atoms with E-state index in [9.17, 15) is 14.4 Å². The highest BCUT2D eigenvalue weighted by Gasteiger charge is 2.33. The Morgan fingerprint density at radius 3 is 2.07 bits per heavy atom. The second-order valence-electron chi connectivity index (χ2n) is 7.87. The van der Waals surface area contributed by atoms with E-state index < -0.39 is 0 Å². The van der Waals surface area contributed by atoms with Crippen LogP contribution in [0, 0.1) is 0 Å². The van der Waals surface area contributed by atoms with Gasteiger partial charge in [-0.3, -0.25) is 14.4 Å². The van der Waals surface area contributed by atoms with Crippen molar-refractivity contribution in [3.05, 3.63) is 65.2 Å². The van der Waals surface area contributed by atoms with E-state index in [2.05, 4.69) is 10.6 Å². The summed E-state index contributed by atoms with van der Waals surface area (Å²) in [5, 5.41) is 5.69. The number of nitrogens with zero attached hydrogens (tertiary/aromatic N) is 1. The average molecular weight is 391 g/mol. The molecule has 4 rings (SSSR count). The van der Waals surface area contributed by atoms with Crippen molar-refractivity contribution < 1.29 is 14.4 Å². The van der Waals surface area contributed by atoms with Gasteiger partial charge >= 0.3 is 0 Å². The van der Waals surface area contributed by atoms with Crippen molar-refractivity contribution in [2.75, 3.05) is 5.32 Å². The Bertz CT molecular complexity index is 913. The molecule has 0 aliphatic heterocycles. The molecule has 3 amide bonds. The zero-order valence-corrected chi connectivity index (χ0v) is 16.5. The van der Waals surface area contributed by atoms with Crippen LogP contribution in [0.5, 0.6) is 0 Å². The molecule has 0 aromatic heterocycles. The smallest absolute Gasteiger partial charge is 0.254 e. The second kappa shape index (κ2) is 8.07. The standard InChI is InChI=1S/C23H25N3O3/c1-15(27)24-19-8-6-18(7-9-19)23(29)26(21-12-13-21)14-16-2-4-17(5-3-16)22(28)25-20-10-11-20/h2-9,20-21H,10-14H2,1H3,(H,24,27)(H,25,28). The maximum absolute atomic E-state index is 13.0. The van der Waals surface area contributed by atoms with Gasteiger partial charge in [-0.05, 0) is 67.6 Å². The molecule has 2 aliphatic rings. The highest BCUT2D eigenvalue weighted by atomic mass is 16.2. The Morgan fingerprint density at radius 1 is 0.897 bits per heavy atom. The van der Waals surface area contributed by atoms with Gasteiger partial charge in [0, 0.05) is 42.4 Å². The Morgan fingerprint density at radius 2 is 1.52 bits per heavy atom. The van der Waals surface area contributed by atoms with Crippen molar-refractivity contribution >= 4 is 23.4 Å². The van der Waals surface area contributed by atoms with Crippen LogP contribution in [0.15, 0.2) is 48.5 Å². The molecule has 2 saturated carbocycles. The largest absolute Gasteiger partial charge is 0.349 e. The summed E-state index contributed by atoms with van der Waals surface area (Å²) in [7, 11) is 0. The first kappa shape index (κ1) is 19.2. The lowest BCUT2D eigenvalue weighted by Gasteiger charge is -2.23. The summed E-state index contributed by atoms with van der Waals surface area (Å²) in [4.78, 5) is 38.2. The molecule has 0 heterocycles. The van der Waals surface area contributed by atoms with E-state index >= 15 is 0 Å². The summed E-state index contributed by atoms with van der Waals surface area (Å²) in [6.07, 6.45) is 4.15. The average Bonchev–Trinajstić information content (AvgIpc) is 3.61. The molecule has 6 heteroatoms. The van der Waals surface area contributed by atoms with Crippen LogP contribution in [-0.4, -0.2) is 34.7 Å². The van der Waals surface area contributed by atoms with Crippen LogP contribution in [0.2, 0.25) is 0 Å². The third-order valence-corrected chi connectivity index (χ3v) is 5.18. The summed E-state index contributed by atoms with van der Waals surface area (Å²) in [5.41, 5.74) is 2.93. The van der Waals surface area contributed by atoms with Crippen molar-refractivity contribution in [3.8, 4) is 0 Å². The molecule has 2 aromatic carbocycles. The first-order valence-corrected chi connectivity index (χ1v) is 10.1. The quantitative estimate of drug-likeness (QED) is 0.760. The molecular weight excluding hydrogens is 366 g/mol. The van der Waals surface area contributed by atoms with Crippen LogP contribution in [0.25, 0.3) is 0 Å². The summed E-state index contributed by atoms with van der Waals surface area (Å²) in [5.74, 6) is -0.191. The van der Waals surface area contributed by atoms with E-state index in [-0.39, 0.29) is 23.8 Å². The molecule has 0 bridgehead atoms. The molecule has 0 unspecified atom stereocenters. The van der Waals surface area contributed by atoms with E-state index in [1.54, 1.807) is 24.3 Å². The van der Waals surface area contributed by atoms with Gasteiger partial charge in [-0.1, -0.05) is 12.1 Å². The molecule has 150 valence electrons. The van der Waals surface area contributed by atoms with Gasteiger partial charge in [-0.25, -0.2) is 0 Å². The zero-order chi connectivity index (χ0) is 20.4. The van der Waals surface area contributed by atoms with Crippen LogP contribution in [-0.2, 0) is 11.3 Å². The molecule has 2 fully saturated rings. The maximum atomic E-state index is 13.0. The monoisotopic (exact) mass is 391 g/mol. The fourth-order valence-corrected chi connectivity index (χ4v) is 3.27. The second-order valence-corrected chi connectivity index (χ2v) is 7.87. The molecule has 0 atom stereocenters. The highest BCUT2D eigenvalue weighted by Crippen LogP contribution is 2.30. The molecule has 2 N–H and O–H groups in total. The first-order valence-electron chi connectivity index (χ1n) is 10.1. The number of hydrogen-bond acceptors (Lipinski definition) is 3. The lowest BCUT2D eigenvalue weighted by molar-refractivity contribution is -0.114. The topological polar surface area (TPSA) is 78.5 Å². The minimum atomic E-state index is -0.141. The van der Waals surface area contributed by atoms with Gasteiger partial charge in [0.2, 0.25) is 5.91 Å². The lowest BCUT2D eigenvalue weighted by atomic mass is 10.1.